The van der Waals surface area contributed by atoms with E-state index in [4.69, 9.17) is 4.74 Å². The van der Waals surface area contributed by atoms with Gasteiger partial charge in [-0.2, -0.15) is 11.8 Å². The van der Waals surface area contributed by atoms with Gasteiger partial charge in [-0.15, -0.1) is 0 Å². The predicted octanol–water partition coefficient (Wildman–Crippen LogP) is 4.05. The maximum atomic E-state index is 12.3. The SMILES string of the molecule is O=C(CC1CCSCC1)CC1CCOc2ccccc21. The second-order valence-electron chi connectivity index (χ2n) is 5.87. The summed E-state index contributed by atoms with van der Waals surface area (Å²) < 4.78 is 5.67. The standard InChI is InChI=1S/C17H22O2S/c18-15(11-13-6-9-20-10-7-13)12-14-5-8-19-17-4-2-1-3-16(14)17/h1-4,13-14H,5-12H2. The minimum atomic E-state index is 0.366. The third kappa shape index (κ3) is 3.38. The maximum absolute atomic E-state index is 12.3. The largest absolute Gasteiger partial charge is 0.493 e. The summed E-state index contributed by atoms with van der Waals surface area (Å²) >= 11 is 2.02. The monoisotopic (exact) mass is 290 g/mol. The average Bonchev–Trinajstić information content (AvgIpc) is 2.48. The lowest BCUT2D eigenvalue weighted by Crippen LogP contribution is -2.19. The number of benzene rings is 1. The highest BCUT2D eigenvalue weighted by Gasteiger charge is 2.25. The normalized spacial score (nSPS) is 22.9. The molecule has 0 radical (unpaired) electrons. The summed E-state index contributed by atoms with van der Waals surface area (Å²) in [7, 11) is 0. The Kier molecular flexibility index (Phi) is 4.66. The summed E-state index contributed by atoms with van der Waals surface area (Å²) in [6.45, 7) is 0.745. The number of thioether (sulfide) groups is 1. The molecular weight excluding hydrogens is 268 g/mol. The van der Waals surface area contributed by atoms with E-state index in [0.29, 0.717) is 24.0 Å². The molecule has 20 heavy (non-hydrogen) atoms. The van der Waals surface area contributed by atoms with Crippen molar-refractivity contribution in [1.29, 1.82) is 0 Å². The van der Waals surface area contributed by atoms with Crippen molar-refractivity contribution < 1.29 is 9.53 Å². The topological polar surface area (TPSA) is 26.3 Å². The minimum Gasteiger partial charge on any atom is -0.493 e. The van der Waals surface area contributed by atoms with E-state index < -0.39 is 0 Å². The number of ether oxygens (including phenoxy) is 1. The first-order valence-electron chi connectivity index (χ1n) is 7.64. The molecule has 0 bridgehead atoms. The number of Topliss-reactive ketones (excluding diaryl/α,β-unsaturated/α-hetero) is 1. The highest BCUT2D eigenvalue weighted by atomic mass is 32.2. The lowest BCUT2D eigenvalue weighted by molar-refractivity contribution is -0.120. The van der Waals surface area contributed by atoms with Crippen LogP contribution in [-0.4, -0.2) is 23.9 Å². The van der Waals surface area contributed by atoms with Crippen molar-refractivity contribution in [2.45, 2.75) is 38.0 Å². The summed E-state index contributed by atoms with van der Waals surface area (Å²) in [4.78, 5) is 12.3. The van der Waals surface area contributed by atoms with Gasteiger partial charge in [0.2, 0.25) is 0 Å². The minimum absolute atomic E-state index is 0.366. The zero-order valence-electron chi connectivity index (χ0n) is 11.8. The number of hydrogen-bond donors (Lipinski definition) is 0. The molecule has 1 aromatic rings. The number of rotatable bonds is 4. The second kappa shape index (κ2) is 6.66. The molecule has 0 aromatic heterocycles. The van der Waals surface area contributed by atoms with Gasteiger partial charge in [0, 0.05) is 12.8 Å². The third-order valence-corrected chi connectivity index (χ3v) is 5.46. The summed E-state index contributed by atoms with van der Waals surface area (Å²) in [5.74, 6) is 4.90. The Morgan fingerprint density at radius 1 is 1.15 bits per heavy atom. The van der Waals surface area contributed by atoms with Gasteiger partial charge in [-0.05, 0) is 54.2 Å². The molecule has 3 heteroatoms. The van der Waals surface area contributed by atoms with Crippen molar-refractivity contribution in [3.8, 4) is 5.75 Å². The molecule has 2 nitrogen and oxygen atoms in total. The van der Waals surface area contributed by atoms with Gasteiger partial charge in [0.15, 0.2) is 0 Å². The van der Waals surface area contributed by atoms with Crippen molar-refractivity contribution in [2.75, 3.05) is 18.1 Å². The molecule has 0 amide bonds. The Hall–Kier alpha value is -0.960. The van der Waals surface area contributed by atoms with Crippen LogP contribution < -0.4 is 4.74 Å². The van der Waals surface area contributed by atoms with Crippen LogP contribution >= 0.6 is 11.8 Å². The van der Waals surface area contributed by atoms with Crippen LogP contribution in [0.1, 0.15) is 43.6 Å². The second-order valence-corrected chi connectivity index (χ2v) is 7.10. The summed E-state index contributed by atoms with van der Waals surface area (Å²) in [6.07, 6.45) is 4.91. The van der Waals surface area contributed by atoms with Crippen molar-refractivity contribution in [3.05, 3.63) is 29.8 Å². The van der Waals surface area contributed by atoms with Crippen LogP contribution in [0.2, 0.25) is 0 Å². The van der Waals surface area contributed by atoms with Gasteiger partial charge in [-0.1, -0.05) is 18.2 Å². The zero-order valence-corrected chi connectivity index (χ0v) is 12.7. The number of fused-ring (bicyclic) bond motifs is 1. The Morgan fingerprint density at radius 2 is 1.95 bits per heavy atom. The van der Waals surface area contributed by atoms with Crippen molar-refractivity contribution >= 4 is 17.5 Å². The van der Waals surface area contributed by atoms with E-state index in [-0.39, 0.29) is 0 Å². The van der Waals surface area contributed by atoms with Crippen molar-refractivity contribution in [1.82, 2.24) is 0 Å². The Morgan fingerprint density at radius 3 is 2.80 bits per heavy atom. The highest BCUT2D eigenvalue weighted by Crippen LogP contribution is 2.36. The van der Waals surface area contributed by atoms with Gasteiger partial charge in [0.25, 0.3) is 0 Å². The smallest absolute Gasteiger partial charge is 0.133 e. The van der Waals surface area contributed by atoms with E-state index in [1.165, 1.54) is 29.9 Å². The molecule has 0 aliphatic carbocycles. The molecule has 1 fully saturated rings. The number of ketones is 1. The van der Waals surface area contributed by atoms with Gasteiger partial charge >= 0.3 is 0 Å². The van der Waals surface area contributed by atoms with Crippen LogP contribution in [0.3, 0.4) is 0 Å². The highest BCUT2D eigenvalue weighted by molar-refractivity contribution is 7.99. The first-order valence-corrected chi connectivity index (χ1v) is 8.79. The molecule has 0 spiro atoms. The molecule has 2 aliphatic heterocycles. The molecule has 1 atom stereocenters. The molecule has 0 N–H and O–H groups in total. The number of carbonyl (C=O) groups is 1. The van der Waals surface area contributed by atoms with E-state index in [9.17, 15) is 4.79 Å². The Balaban J connectivity index is 1.59. The van der Waals surface area contributed by atoms with E-state index in [1.807, 2.05) is 30.0 Å². The van der Waals surface area contributed by atoms with Crippen molar-refractivity contribution in [2.24, 2.45) is 5.92 Å². The summed E-state index contributed by atoms with van der Waals surface area (Å²) in [5, 5.41) is 0. The molecule has 1 unspecified atom stereocenters. The first kappa shape index (κ1) is 14.0. The predicted molar refractivity (Wildman–Crippen MR) is 83.6 cm³/mol. The maximum Gasteiger partial charge on any atom is 0.133 e. The van der Waals surface area contributed by atoms with E-state index in [0.717, 1.165) is 25.2 Å². The Bertz CT molecular complexity index is 466. The van der Waals surface area contributed by atoms with Crippen LogP contribution in [-0.2, 0) is 4.79 Å². The quantitative estimate of drug-likeness (QED) is 0.837. The third-order valence-electron chi connectivity index (χ3n) is 4.41. The van der Waals surface area contributed by atoms with Gasteiger partial charge < -0.3 is 4.74 Å². The molecule has 1 aromatic carbocycles. The van der Waals surface area contributed by atoms with Crippen LogP contribution in [0.5, 0.6) is 5.75 Å². The fraction of sp³-hybridized carbons (Fsp3) is 0.588. The van der Waals surface area contributed by atoms with Gasteiger partial charge in [-0.25, -0.2) is 0 Å². The fourth-order valence-electron chi connectivity index (χ4n) is 3.26. The van der Waals surface area contributed by atoms with E-state index >= 15 is 0 Å². The molecule has 3 rings (SSSR count). The fourth-order valence-corrected chi connectivity index (χ4v) is 4.46. The lowest BCUT2D eigenvalue weighted by atomic mass is 9.86. The summed E-state index contributed by atoms with van der Waals surface area (Å²) in [6, 6.07) is 8.18. The van der Waals surface area contributed by atoms with E-state index in [1.54, 1.807) is 0 Å². The molecule has 108 valence electrons. The molecule has 2 aliphatic rings. The zero-order chi connectivity index (χ0) is 13.8. The average molecular weight is 290 g/mol. The number of hydrogen-bond acceptors (Lipinski definition) is 3. The van der Waals surface area contributed by atoms with Crippen LogP contribution in [0.15, 0.2) is 24.3 Å². The Labute approximate surface area is 125 Å². The van der Waals surface area contributed by atoms with Gasteiger partial charge in [-0.3, -0.25) is 4.79 Å². The van der Waals surface area contributed by atoms with Crippen molar-refractivity contribution in [3.63, 3.8) is 0 Å². The molecule has 2 heterocycles. The molecular formula is C17H22O2S. The number of carbonyl (C=O) groups excluding carboxylic acids is 1. The van der Waals surface area contributed by atoms with Gasteiger partial charge in [0.05, 0.1) is 6.61 Å². The molecule has 0 saturated carbocycles. The van der Waals surface area contributed by atoms with E-state index in [2.05, 4.69) is 6.07 Å². The molecule has 1 saturated heterocycles. The van der Waals surface area contributed by atoms with Crippen LogP contribution in [0.25, 0.3) is 0 Å². The lowest BCUT2D eigenvalue weighted by Gasteiger charge is -2.26. The van der Waals surface area contributed by atoms with Crippen LogP contribution in [0.4, 0.5) is 0 Å². The summed E-state index contributed by atoms with van der Waals surface area (Å²) in [5.41, 5.74) is 1.23. The van der Waals surface area contributed by atoms with Crippen LogP contribution in [0, 0.1) is 5.92 Å². The first-order chi connectivity index (χ1) is 9.83. The number of para-hydroxylation sites is 1. The van der Waals surface area contributed by atoms with Gasteiger partial charge in [0.1, 0.15) is 11.5 Å².